The highest BCUT2D eigenvalue weighted by Crippen LogP contribution is 2.43. The topological polar surface area (TPSA) is 29.3 Å². The van der Waals surface area contributed by atoms with Gasteiger partial charge >= 0.3 is 0 Å². The number of rotatable bonds is 1. The second-order valence-electron chi connectivity index (χ2n) is 5.27. The van der Waals surface area contributed by atoms with Gasteiger partial charge in [-0.1, -0.05) is 30.5 Å². The van der Waals surface area contributed by atoms with Gasteiger partial charge in [0, 0.05) is 12.6 Å². The molecule has 0 aromatic heterocycles. The Morgan fingerprint density at radius 3 is 2.82 bits per heavy atom. The second kappa shape index (κ2) is 4.41. The van der Waals surface area contributed by atoms with E-state index in [1.165, 1.54) is 32.1 Å². The molecule has 0 spiro atoms. The number of benzene rings is 1. The molecule has 1 aliphatic carbocycles. The van der Waals surface area contributed by atoms with E-state index in [1.54, 1.807) is 0 Å². The number of nitrogen functional groups attached to an aromatic ring is 1. The van der Waals surface area contributed by atoms with Crippen LogP contribution in [0.3, 0.4) is 0 Å². The second-order valence-corrected chi connectivity index (χ2v) is 5.68. The Balaban J connectivity index is 1.94. The van der Waals surface area contributed by atoms with E-state index >= 15 is 0 Å². The molecule has 2 fully saturated rings. The largest absolute Gasteiger partial charge is 0.397 e. The highest BCUT2D eigenvalue weighted by atomic mass is 35.5. The summed E-state index contributed by atoms with van der Waals surface area (Å²) in [6.45, 7) is 1.11. The quantitative estimate of drug-likeness (QED) is 0.771. The highest BCUT2D eigenvalue weighted by Gasteiger charge is 2.36. The number of hydrogen-bond acceptors (Lipinski definition) is 2. The van der Waals surface area contributed by atoms with Gasteiger partial charge in [-0.2, -0.15) is 0 Å². The Bertz CT molecular complexity index is 398. The van der Waals surface area contributed by atoms with Gasteiger partial charge in [-0.15, -0.1) is 0 Å². The van der Waals surface area contributed by atoms with E-state index in [2.05, 4.69) is 4.90 Å². The molecular weight excluding hydrogens is 232 g/mol. The van der Waals surface area contributed by atoms with Crippen LogP contribution in [0, 0.1) is 5.92 Å². The molecule has 2 atom stereocenters. The molecule has 92 valence electrons. The van der Waals surface area contributed by atoms with Crippen LogP contribution in [0.2, 0.25) is 5.02 Å². The molecule has 3 rings (SSSR count). The molecule has 1 saturated heterocycles. The van der Waals surface area contributed by atoms with Crippen LogP contribution in [0.15, 0.2) is 18.2 Å². The SMILES string of the molecule is Nc1cccc(Cl)c1N1CCC2CCCCC21. The molecule has 1 aromatic carbocycles. The van der Waals surface area contributed by atoms with Gasteiger partial charge in [-0.25, -0.2) is 0 Å². The van der Waals surface area contributed by atoms with E-state index in [0.717, 1.165) is 28.9 Å². The molecule has 2 unspecified atom stereocenters. The molecular formula is C14H19ClN2. The fourth-order valence-corrected chi connectivity index (χ4v) is 3.81. The molecule has 2 N–H and O–H groups in total. The summed E-state index contributed by atoms with van der Waals surface area (Å²) in [4.78, 5) is 2.46. The Morgan fingerprint density at radius 2 is 2.00 bits per heavy atom. The first-order chi connectivity index (χ1) is 8.27. The summed E-state index contributed by atoms with van der Waals surface area (Å²) >= 11 is 6.32. The zero-order valence-corrected chi connectivity index (χ0v) is 10.8. The van der Waals surface area contributed by atoms with Gasteiger partial charge in [0.1, 0.15) is 0 Å². The van der Waals surface area contributed by atoms with Gasteiger partial charge < -0.3 is 10.6 Å². The van der Waals surface area contributed by atoms with Crippen LogP contribution < -0.4 is 10.6 Å². The number of hydrogen-bond donors (Lipinski definition) is 1. The monoisotopic (exact) mass is 250 g/mol. The Morgan fingerprint density at radius 1 is 1.18 bits per heavy atom. The van der Waals surface area contributed by atoms with Crippen molar-refractivity contribution in [1.82, 2.24) is 0 Å². The van der Waals surface area contributed by atoms with Crippen LogP contribution >= 0.6 is 11.6 Å². The average molecular weight is 251 g/mol. The maximum absolute atomic E-state index is 6.32. The molecule has 1 aliphatic heterocycles. The molecule has 0 bridgehead atoms. The summed E-state index contributed by atoms with van der Waals surface area (Å²) in [5, 5.41) is 0.802. The van der Waals surface area contributed by atoms with Crippen molar-refractivity contribution in [2.75, 3.05) is 17.2 Å². The maximum Gasteiger partial charge on any atom is 0.0791 e. The van der Waals surface area contributed by atoms with Crippen LogP contribution in [0.1, 0.15) is 32.1 Å². The lowest BCUT2D eigenvalue weighted by Crippen LogP contribution is -2.35. The normalized spacial score (nSPS) is 28.2. The van der Waals surface area contributed by atoms with Crippen molar-refractivity contribution in [3.8, 4) is 0 Å². The first kappa shape index (κ1) is 11.2. The van der Waals surface area contributed by atoms with Gasteiger partial charge in [0.05, 0.1) is 16.4 Å². The van der Waals surface area contributed by atoms with Crippen molar-refractivity contribution in [1.29, 1.82) is 0 Å². The zero-order chi connectivity index (χ0) is 11.8. The molecule has 2 nitrogen and oxygen atoms in total. The van der Waals surface area contributed by atoms with Gasteiger partial charge in [0.15, 0.2) is 0 Å². The van der Waals surface area contributed by atoms with E-state index in [9.17, 15) is 0 Å². The minimum absolute atomic E-state index is 0.672. The Hall–Kier alpha value is -0.890. The molecule has 17 heavy (non-hydrogen) atoms. The predicted octanol–water partition coefficient (Wildman–Crippen LogP) is 3.69. The van der Waals surface area contributed by atoms with Crippen molar-refractivity contribution in [3.05, 3.63) is 23.2 Å². The van der Waals surface area contributed by atoms with E-state index < -0.39 is 0 Å². The fourth-order valence-electron chi connectivity index (χ4n) is 3.52. The number of nitrogens with two attached hydrogens (primary N) is 1. The van der Waals surface area contributed by atoms with Crippen LogP contribution in [0.4, 0.5) is 11.4 Å². The fraction of sp³-hybridized carbons (Fsp3) is 0.571. The van der Waals surface area contributed by atoms with Crippen molar-refractivity contribution >= 4 is 23.0 Å². The van der Waals surface area contributed by atoms with Crippen molar-refractivity contribution in [3.63, 3.8) is 0 Å². The number of para-hydroxylation sites is 1. The van der Waals surface area contributed by atoms with E-state index in [-0.39, 0.29) is 0 Å². The number of anilines is 2. The average Bonchev–Trinajstić information content (AvgIpc) is 2.73. The third-order valence-electron chi connectivity index (χ3n) is 4.32. The van der Waals surface area contributed by atoms with Crippen molar-refractivity contribution < 1.29 is 0 Å². The summed E-state index contributed by atoms with van der Waals surface area (Å²) in [6.07, 6.45) is 6.73. The third-order valence-corrected chi connectivity index (χ3v) is 4.62. The number of halogens is 1. The third kappa shape index (κ3) is 1.89. The number of nitrogens with zero attached hydrogens (tertiary/aromatic N) is 1. The van der Waals surface area contributed by atoms with Crippen molar-refractivity contribution in [2.45, 2.75) is 38.1 Å². The van der Waals surface area contributed by atoms with Gasteiger partial charge in [-0.3, -0.25) is 0 Å². The van der Waals surface area contributed by atoms with Gasteiger partial charge in [-0.05, 0) is 37.3 Å². The maximum atomic E-state index is 6.32. The molecule has 1 aromatic rings. The zero-order valence-electron chi connectivity index (χ0n) is 10.0. The smallest absolute Gasteiger partial charge is 0.0791 e. The minimum atomic E-state index is 0.672. The summed E-state index contributed by atoms with van der Waals surface area (Å²) in [7, 11) is 0. The lowest BCUT2D eigenvalue weighted by molar-refractivity contribution is 0.342. The molecule has 0 amide bonds. The first-order valence-corrected chi connectivity index (χ1v) is 6.96. The molecule has 2 aliphatic rings. The standard InChI is InChI=1S/C14H19ClN2/c15-11-5-3-6-12(16)14(11)17-9-8-10-4-1-2-7-13(10)17/h3,5-6,10,13H,1-2,4,7-9,16H2. The van der Waals surface area contributed by atoms with Gasteiger partial charge in [0.25, 0.3) is 0 Å². The van der Waals surface area contributed by atoms with E-state index in [1.807, 2.05) is 18.2 Å². The molecule has 1 heterocycles. The molecule has 0 radical (unpaired) electrons. The van der Waals surface area contributed by atoms with Crippen LogP contribution in [-0.2, 0) is 0 Å². The Kier molecular flexibility index (Phi) is 2.91. The summed E-state index contributed by atoms with van der Waals surface area (Å²) in [6, 6.07) is 6.50. The summed E-state index contributed by atoms with van der Waals surface area (Å²) in [5.41, 5.74) is 7.99. The lowest BCUT2D eigenvalue weighted by Gasteiger charge is -2.34. The Labute approximate surface area is 108 Å². The van der Waals surface area contributed by atoms with Crippen molar-refractivity contribution in [2.24, 2.45) is 5.92 Å². The summed E-state index contributed by atoms with van der Waals surface area (Å²) in [5.74, 6) is 0.861. The summed E-state index contributed by atoms with van der Waals surface area (Å²) < 4.78 is 0. The van der Waals surface area contributed by atoms with Crippen LogP contribution in [-0.4, -0.2) is 12.6 Å². The first-order valence-electron chi connectivity index (χ1n) is 6.58. The van der Waals surface area contributed by atoms with Gasteiger partial charge in [0.2, 0.25) is 0 Å². The molecule has 1 saturated carbocycles. The minimum Gasteiger partial charge on any atom is -0.397 e. The highest BCUT2D eigenvalue weighted by molar-refractivity contribution is 6.34. The molecule has 3 heteroatoms. The van der Waals surface area contributed by atoms with E-state index in [0.29, 0.717) is 6.04 Å². The predicted molar refractivity (Wildman–Crippen MR) is 73.6 cm³/mol. The van der Waals surface area contributed by atoms with E-state index in [4.69, 9.17) is 17.3 Å². The van der Waals surface area contributed by atoms with Crippen LogP contribution in [0.25, 0.3) is 0 Å². The number of fused-ring (bicyclic) bond motifs is 1. The van der Waals surface area contributed by atoms with Crippen LogP contribution in [0.5, 0.6) is 0 Å². The lowest BCUT2D eigenvalue weighted by atomic mass is 9.85.